The third kappa shape index (κ3) is 5.28. The Bertz CT molecular complexity index is 657. The lowest BCUT2D eigenvalue weighted by atomic mass is 10.0. The molecule has 0 radical (unpaired) electrons. The summed E-state index contributed by atoms with van der Waals surface area (Å²) >= 11 is 0. The smallest absolute Gasteiger partial charge is 0.272 e. The van der Waals surface area contributed by atoms with Crippen LogP contribution in [0.1, 0.15) is 55.2 Å². The van der Waals surface area contributed by atoms with Gasteiger partial charge in [-0.15, -0.1) is 0 Å². The molecule has 0 aliphatic carbocycles. The van der Waals surface area contributed by atoms with Crippen LogP contribution in [0.2, 0.25) is 0 Å². The highest BCUT2D eigenvalue weighted by molar-refractivity contribution is 5.92. The van der Waals surface area contributed by atoms with Gasteiger partial charge in [-0.2, -0.15) is 0 Å². The summed E-state index contributed by atoms with van der Waals surface area (Å²) in [6.45, 7) is 8.86. The van der Waals surface area contributed by atoms with Crippen molar-refractivity contribution in [3.05, 3.63) is 29.6 Å². The normalized spacial score (nSPS) is 21.1. The highest BCUT2D eigenvalue weighted by atomic mass is 16.2. The Balaban J connectivity index is 1.61. The van der Waals surface area contributed by atoms with E-state index in [4.69, 9.17) is 0 Å². The first-order valence-electron chi connectivity index (χ1n) is 10.3. The summed E-state index contributed by atoms with van der Waals surface area (Å²) in [6, 6.07) is 5.65. The zero-order chi connectivity index (χ0) is 19.2. The fourth-order valence-electron chi connectivity index (χ4n) is 4.25. The Morgan fingerprint density at radius 1 is 1.15 bits per heavy atom. The van der Waals surface area contributed by atoms with Crippen molar-refractivity contribution in [2.45, 2.75) is 52.0 Å². The Hall–Kier alpha value is -1.95. The van der Waals surface area contributed by atoms with Crippen molar-refractivity contribution in [2.75, 3.05) is 39.3 Å². The molecule has 2 amide bonds. The van der Waals surface area contributed by atoms with Gasteiger partial charge >= 0.3 is 0 Å². The topological polar surface area (TPSA) is 56.8 Å². The van der Waals surface area contributed by atoms with Crippen molar-refractivity contribution >= 4 is 11.8 Å². The molecule has 0 saturated carbocycles. The number of likely N-dealkylation sites (tertiary alicyclic amines) is 2. The minimum atomic E-state index is -0.0251. The van der Waals surface area contributed by atoms with Crippen molar-refractivity contribution in [2.24, 2.45) is 0 Å². The number of piperidine rings is 2. The number of amides is 2. The maximum absolute atomic E-state index is 12.8. The van der Waals surface area contributed by atoms with E-state index in [9.17, 15) is 9.59 Å². The van der Waals surface area contributed by atoms with Crippen LogP contribution in [0, 0.1) is 6.92 Å². The highest BCUT2D eigenvalue weighted by Gasteiger charge is 2.30. The highest BCUT2D eigenvalue weighted by Crippen LogP contribution is 2.19. The lowest BCUT2D eigenvalue weighted by Gasteiger charge is -2.40. The van der Waals surface area contributed by atoms with Crippen LogP contribution in [0.15, 0.2) is 18.2 Å². The predicted molar refractivity (Wildman–Crippen MR) is 106 cm³/mol. The second-order valence-electron chi connectivity index (χ2n) is 7.83. The molecule has 2 fully saturated rings. The molecule has 148 valence electrons. The predicted octanol–water partition coefficient (Wildman–Crippen LogP) is 2.33. The Morgan fingerprint density at radius 2 is 1.93 bits per heavy atom. The molecule has 3 heterocycles. The SMILES string of the molecule is CC(=O)N(CCN1CCCCC1)C1CCCN(C(=O)c2cccc(C)n2)C1. The zero-order valence-corrected chi connectivity index (χ0v) is 16.7. The molecule has 1 unspecified atom stereocenters. The molecule has 3 rings (SSSR count). The lowest BCUT2D eigenvalue weighted by molar-refractivity contribution is -0.132. The molecule has 1 aromatic heterocycles. The number of nitrogens with zero attached hydrogens (tertiary/aromatic N) is 4. The summed E-state index contributed by atoms with van der Waals surface area (Å²) in [5.41, 5.74) is 1.35. The lowest BCUT2D eigenvalue weighted by Crippen LogP contribution is -2.53. The number of aromatic nitrogens is 1. The quantitative estimate of drug-likeness (QED) is 0.796. The van der Waals surface area contributed by atoms with E-state index in [0.29, 0.717) is 12.2 Å². The molecule has 0 spiro atoms. The second-order valence-corrected chi connectivity index (χ2v) is 7.83. The van der Waals surface area contributed by atoms with Gasteiger partial charge in [-0.1, -0.05) is 12.5 Å². The van der Waals surface area contributed by atoms with Gasteiger partial charge in [0.1, 0.15) is 5.69 Å². The van der Waals surface area contributed by atoms with Gasteiger partial charge in [0.05, 0.1) is 0 Å². The third-order valence-corrected chi connectivity index (χ3v) is 5.74. The third-order valence-electron chi connectivity index (χ3n) is 5.74. The maximum atomic E-state index is 12.8. The van der Waals surface area contributed by atoms with E-state index in [1.165, 1.54) is 19.3 Å². The molecule has 0 N–H and O–H groups in total. The number of hydrogen-bond donors (Lipinski definition) is 0. The molecule has 1 atom stereocenters. The van der Waals surface area contributed by atoms with E-state index in [-0.39, 0.29) is 17.9 Å². The van der Waals surface area contributed by atoms with Crippen molar-refractivity contribution in [3.63, 3.8) is 0 Å². The van der Waals surface area contributed by atoms with Crippen LogP contribution in [0.4, 0.5) is 0 Å². The first-order chi connectivity index (χ1) is 13.0. The van der Waals surface area contributed by atoms with Crippen molar-refractivity contribution in [1.29, 1.82) is 0 Å². The van der Waals surface area contributed by atoms with E-state index in [0.717, 1.165) is 51.3 Å². The monoisotopic (exact) mass is 372 g/mol. The Labute approximate surface area is 162 Å². The maximum Gasteiger partial charge on any atom is 0.272 e. The van der Waals surface area contributed by atoms with Crippen molar-refractivity contribution in [3.8, 4) is 0 Å². The van der Waals surface area contributed by atoms with Crippen molar-refractivity contribution < 1.29 is 9.59 Å². The van der Waals surface area contributed by atoms with Crippen LogP contribution in [0.5, 0.6) is 0 Å². The minimum absolute atomic E-state index is 0.0251. The molecule has 6 nitrogen and oxygen atoms in total. The molecular formula is C21H32N4O2. The van der Waals surface area contributed by atoms with Gasteiger partial charge in [-0.05, 0) is 57.8 Å². The summed E-state index contributed by atoms with van der Waals surface area (Å²) in [5, 5.41) is 0. The summed E-state index contributed by atoms with van der Waals surface area (Å²) in [6.07, 6.45) is 5.73. The van der Waals surface area contributed by atoms with E-state index in [1.54, 1.807) is 13.0 Å². The van der Waals surface area contributed by atoms with Crippen LogP contribution in [-0.2, 0) is 4.79 Å². The zero-order valence-electron chi connectivity index (χ0n) is 16.7. The van der Waals surface area contributed by atoms with Crippen LogP contribution in [0.3, 0.4) is 0 Å². The second kappa shape index (κ2) is 9.31. The van der Waals surface area contributed by atoms with Crippen LogP contribution in [-0.4, -0.2) is 76.8 Å². The molecule has 6 heteroatoms. The summed E-state index contributed by atoms with van der Waals surface area (Å²) in [5.74, 6) is 0.0860. The van der Waals surface area contributed by atoms with E-state index in [2.05, 4.69) is 9.88 Å². The van der Waals surface area contributed by atoms with Gasteiger partial charge < -0.3 is 14.7 Å². The number of hydrogen-bond acceptors (Lipinski definition) is 4. The van der Waals surface area contributed by atoms with Gasteiger partial charge in [0.25, 0.3) is 5.91 Å². The number of carbonyl (C=O) groups excluding carboxylic acids is 2. The number of rotatable bonds is 5. The average Bonchev–Trinajstić information content (AvgIpc) is 2.68. The molecule has 0 bridgehead atoms. The van der Waals surface area contributed by atoms with Gasteiger partial charge in [0.2, 0.25) is 5.91 Å². The van der Waals surface area contributed by atoms with E-state index >= 15 is 0 Å². The van der Waals surface area contributed by atoms with Gasteiger partial charge in [0.15, 0.2) is 0 Å². The molecular weight excluding hydrogens is 340 g/mol. The molecule has 1 aromatic rings. The van der Waals surface area contributed by atoms with Crippen LogP contribution in [0.25, 0.3) is 0 Å². The summed E-state index contributed by atoms with van der Waals surface area (Å²) < 4.78 is 0. The summed E-state index contributed by atoms with van der Waals surface area (Å²) in [4.78, 5) is 35.8. The number of aryl methyl sites for hydroxylation is 1. The fraction of sp³-hybridized carbons (Fsp3) is 0.667. The van der Waals surface area contributed by atoms with Crippen LogP contribution < -0.4 is 0 Å². The van der Waals surface area contributed by atoms with Crippen LogP contribution >= 0.6 is 0 Å². The molecule has 2 aliphatic heterocycles. The molecule has 27 heavy (non-hydrogen) atoms. The molecule has 2 aliphatic rings. The Morgan fingerprint density at radius 3 is 2.63 bits per heavy atom. The van der Waals surface area contributed by atoms with Crippen molar-refractivity contribution in [1.82, 2.24) is 19.7 Å². The first-order valence-corrected chi connectivity index (χ1v) is 10.3. The molecule has 2 saturated heterocycles. The standard InChI is InChI=1S/C21H32N4O2/c1-17-8-6-10-20(22-17)21(27)24-13-7-9-19(16-24)25(18(2)26)15-14-23-11-4-3-5-12-23/h6,8,10,19H,3-5,7,9,11-16H2,1-2H3. The largest absolute Gasteiger partial charge is 0.337 e. The summed E-state index contributed by atoms with van der Waals surface area (Å²) in [7, 11) is 0. The Kier molecular flexibility index (Phi) is 6.83. The first kappa shape index (κ1) is 19.8. The van der Waals surface area contributed by atoms with Gasteiger partial charge in [0, 0.05) is 44.8 Å². The van der Waals surface area contributed by atoms with E-state index in [1.807, 2.05) is 28.9 Å². The van der Waals surface area contributed by atoms with Gasteiger partial charge in [-0.25, -0.2) is 4.98 Å². The van der Waals surface area contributed by atoms with E-state index < -0.39 is 0 Å². The van der Waals surface area contributed by atoms with Gasteiger partial charge in [-0.3, -0.25) is 9.59 Å². The minimum Gasteiger partial charge on any atom is -0.337 e. The number of carbonyl (C=O) groups is 2. The average molecular weight is 373 g/mol. The molecule has 0 aromatic carbocycles. The fourth-order valence-corrected chi connectivity index (χ4v) is 4.25. The number of pyridine rings is 1.